The minimum absolute atomic E-state index is 0.00949. The number of nitrogens with zero attached hydrogens (tertiary/aromatic N) is 4. The molecule has 3 aliphatic heterocycles. The first-order chi connectivity index (χ1) is 15.2. The largest absolute Gasteiger partial charge is 0.350 e. The lowest BCUT2D eigenvalue weighted by Crippen LogP contribution is -2.54. The van der Waals surface area contributed by atoms with Gasteiger partial charge in [-0.3, -0.25) is 15.2 Å². The molecule has 0 bridgehead atoms. The molecule has 1 saturated heterocycles. The number of pyridine rings is 1. The third-order valence-corrected chi connectivity index (χ3v) is 6.11. The molecule has 1 fully saturated rings. The number of hydrogen-bond donors (Lipinski definition) is 3. The van der Waals surface area contributed by atoms with Crippen molar-refractivity contribution in [2.45, 2.75) is 44.1 Å². The molecule has 3 aliphatic rings. The molecule has 2 aromatic rings. The number of hydrogen-bond acceptors (Lipinski definition) is 7. The Bertz CT molecular complexity index is 995. The molecule has 4 heterocycles. The van der Waals surface area contributed by atoms with Crippen LogP contribution in [-0.4, -0.2) is 38.8 Å². The minimum atomic E-state index is -0.00949. The van der Waals surface area contributed by atoms with Crippen molar-refractivity contribution in [3.05, 3.63) is 77.3 Å². The van der Waals surface area contributed by atoms with Crippen molar-refractivity contribution in [2.24, 2.45) is 5.10 Å². The average molecular weight is 438 g/mol. The summed E-state index contributed by atoms with van der Waals surface area (Å²) in [5, 5.41) is 10.3. The molecule has 3 N–H and O–H groups in total. The smallest absolute Gasteiger partial charge is 0.220 e. The Balaban J connectivity index is 1.15. The number of benzene rings is 1. The molecule has 3 unspecified atom stereocenters. The van der Waals surface area contributed by atoms with Crippen LogP contribution in [0.2, 0.25) is 5.02 Å². The molecular formula is C22H24ClN7O. The van der Waals surface area contributed by atoms with Crippen molar-refractivity contribution in [3.8, 4) is 0 Å². The topological polar surface area (TPSA) is 84.9 Å². The summed E-state index contributed by atoms with van der Waals surface area (Å²) in [5.41, 5.74) is 8.87. The molecular weight excluding hydrogens is 414 g/mol. The molecule has 1 amide bonds. The number of amides is 1. The normalized spacial score (nSPS) is 23.8. The van der Waals surface area contributed by atoms with Gasteiger partial charge >= 0.3 is 0 Å². The SMILES string of the molecule is O=C(CCC1=NNC2C3CC(c4ccc(Cl)cc4)NN3C=CN12)NCc1ccccn1. The van der Waals surface area contributed by atoms with Crippen LogP contribution < -0.4 is 16.2 Å². The Labute approximate surface area is 185 Å². The second-order valence-electron chi connectivity index (χ2n) is 7.85. The molecule has 31 heavy (non-hydrogen) atoms. The van der Waals surface area contributed by atoms with Gasteiger partial charge in [0.1, 0.15) is 12.0 Å². The molecule has 1 aromatic heterocycles. The van der Waals surface area contributed by atoms with E-state index in [-0.39, 0.29) is 24.2 Å². The summed E-state index contributed by atoms with van der Waals surface area (Å²) < 4.78 is 0. The van der Waals surface area contributed by atoms with Gasteiger partial charge in [0.25, 0.3) is 0 Å². The highest BCUT2D eigenvalue weighted by Gasteiger charge is 2.44. The zero-order chi connectivity index (χ0) is 21.2. The van der Waals surface area contributed by atoms with Gasteiger partial charge < -0.3 is 15.2 Å². The van der Waals surface area contributed by atoms with E-state index in [2.05, 4.69) is 48.3 Å². The Kier molecular flexibility index (Phi) is 5.48. The van der Waals surface area contributed by atoms with Crippen LogP contribution in [0.4, 0.5) is 0 Å². The summed E-state index contributed by atoms with van der Waals surface area (Å²) in [7, 11) is 0. The van der Waals surface area contributed by atoms with E-state index < -0.39 is 0 Å². The number of aromatic nitrogens is 1. The first-order valence-corrected chi connectivity index (χ1v) is 10.8. The Morgan fingerprint density at radius 3 is 2.87 bits per heavy atom. The zero-order valence-electron chi connectivity index (χ0n) is 16.9. The van der Waals surface area contributed by atoms with Crippen LogP contribution in [0.5, 0.6) is 0 Å². The van der Waals surface area contributed by atoms with Gasteiger partial charge in [0.2, 0.25) is 5.91 Å². The summed E-state index contributed by atoms with van der Waals surface area (Å²) in [6.07, 6.45) is 7.72. The maximum Gasteiger partial charge on any atom is 0.220 e. The number of fused-ring (bicyclic) bond motifs is 3. The van der Waals surface area contributed by atoms with E-state index in [4.69, 9.17) is 11.6 Å². The quantitative estimate of drug-likeness (QED) is 0.643. The fourth-order valence-electron chi connectivity index (χ4n) is 4.23. The predicted octanol–water partition coefficient (Wildman–Crippen LogP) is 2.48. The highest BCUT2D eigenvalue weighted by atomic mass is 35.5. The number of carbonyl (C=O) groups excluding carboxylic acids is 1. The fraction of sp³-hybridized carbons (Fsp3) is 0.318. The Morgan fingerprint density at radius 1 is 1.19 bits per heavy atom. The van der Waals surface area contributed by atoms with Crippen molar-refractivity contribution in [1.29, 1.82) is 0 Å². The van der Waals surface area contributed by atoms with Gasteiger partial charge in [-0.25, -0.2) is 5.43 Å². The van der Waals surface area contributed by atoms with Crippen molar-refractivity contribution in [3.63, 3.8) is 0 Å². The molecule has 8 nitrogen and oxygen atoms in total. The molecule has 5 rings (SSSR count). The van der Waals surface area contributed by atoms with Crippen LogP contribution in [0, 0.1) is 0 Å². The van der Waals surface area contributed by atoms with E-state index in [0.29, 0.717) is 19.4 Å². The third-order valence-electron chi connectivity index (χ3n) is 5.86. The lowest BCUT2D eigenvalue weighted by Gasteiger charge is -2.37. The Hall–Kier alpha value is -3.10. The van der Waals surface area contributed by atoms with Crippen molar-refractivity contribution < 1.29 is 4.79 Å². The first kappa shape index (κ1) is 19.8. The number of amidine groups is 1. The number of halogens is 1. The maximum atomic E-state index is 12.3. The molecule has 0 saturated carbocycles. The van der Waals surface area contributed by atoms with Gasteiger partial charge in [-0.1, -0.05) is 29.8 Å². The van der Waals surface area contributed by atoms with E-state index in [1.807, 2.05) is 42.7 Å². The highest BCUT2D eigenvalue weighted by molar-refractivity contribution is 6.30. The number of hydrazone groups is 1. The molecule has 9 heteroatoms. The standard InChI is InChI=1S/C22H24ClN7O/c23-16-6-4-15(5-7-16)18-13-19-22-27-26-20(29(22)11-12-30(19)28-18)8-9-21(31)25-14-17-3-1-2-10-24-17/h1-7,10-12,18-19,22,27-28H,8-9,13-14H2,(H,25,31). The van der Waals surface area contributed by atoms with Gasteiger partial charge in [-0.15, -0.1) is 0 Å². The van der Waals surface area contributed by atoms with Crippen LogP contribution in [0.15, 0.2) is 66.2 Å². The summed E-state index contributed by atoms with van der Waals surface area (Å²) in [6, 6.07) is 14.1. The van der Waals surface area contributed by atoms with Crippen LogP contribution in [0.1, 0.15) is 36.6 Å². The van der Waals surface area contributed by atoms with Gasteiger partial charge in [0.15, 0.2) is 0 Å². The fourth-order valence-corrected chi connectivity index (χ4v) is 4.36. The van der Waals surface area contributed by atoms with E-state index in [0.717, 1.165) is 23.0 Å². The highest BCUT2D eigenvalue weighted by Crippen LogP contribution is 2.34. The van der Waals surface area contributed by atoms with E-state index >= 15 is 0 Å². The van der Waals surface area contributed by atoms with Crippen molar-refractivity contribution in [2.75, 3.05) is 0 Å². The Morgan fingerprint density at radius 2 is 2.06 bits per heavy atom. The zero-order valence-corrected chi connectivity index (χ0v) is 17.7. The predicted molar refractivity (Wildman–Crippen MR) is 118 cm³/mol. The van der Waals surface area contributed by atoms with Crippen LogP contribution in [0.25, 0.3) is 0 Å². The third kappa shape index (κ3) is 4.22. The number of carbonyl (C=O) groups is 1. The molecule has 0 aliphatic carbocycles. The molecule has 0 radical (unpaired) electrons. The van der Waals surface area contributed by atoms with Crippen molar-refractivity contribution >= 4 is 23.3 Å². The van der Waals surface area contributed by atoms with Crippen molar-refractivity contribution in [1.82, 2.24) is 31.1 Å². The van der Waals surface area contributed by atoms with Gasteiger partial charge in [-0.05, 0) is 36.2 Å². The molecule has 3 atom stereocenters. The van der Waals surface area contributed by atoms with Gasteiger partial charge in [0, 0.05) is 36.5 Å². The number of nitrogens with one attached hydrogen (secondary N) is 3. The minimum Gasteiger partial charge on any atom is -0.350 e. The first-order valence-electron chi connectivity index (χ1n) is 10.4. The lowest BCUT2D eigenvalue weighted by atomic mass is 9.99. The monoisotopic (exact) mass is 437 g/mol. The number of rotatable bonds is 6. The van der Waals surface area contributed by atoms with Crippen LogP contribution in [-0.2, 0) is 11.3 Å². The molecule has 0 spiro atoms. The second kappa shape index (κ2) is 8.56. The lowest BCUT2D eigenvalue weighted by molar-refractivity contribution is -0.121. The summed E-state index contributed by atoms with van der Waals surface area (Å²) >= 11 is 6.03. The number of hydrazine groups is 1. The van der Waals surface area contributed by atoms with Gasteiger partial charge in [0.05, 0.1) is 24.3 Å². The van der Waals surface area contributed by atoms with Crippen LogP contribution >= 0.6 is 11.6 Å². The summed E-state index contributed by atoms with van der Waals surface area (Å²) in [4.78, 5) is 18.6. The van der Waals surface area contributed by atoms with E-state index in [1.165, 1.54) is 5.56 Å². The summed E-state index contributed by atoms with van der Waals surface area (Å²) in [5.74, 6) is 0.869. The van der Waals surface area contributed by atoms with Gasteiger partial charge in [-0.2, -0.15) is 5.10 Å². The van der Waals surface area contributed by atoms with E-state index in [1.54, 1.807) is 6.20 Å². The molecule has 160 valence electrons. The van der Waals surface area contributed by atoms with E-state index in [9.17, 15) is 4.79 Å². The summed E-state index contributed by atoms with van der Waals surface area (Å²) in [6.45, 7) is 0.436. The second-order valence-corrected chi connectivity index (χ2v) is 8.29. The average Bonchev–Trinajstić information content (AvgIpc) is 3.41. The molecule has 1 aromatic carbocycles. The maximum absolute atomic E-state index is 12.3. The van der Waals surface area contributed by atoms with Crippen LogP contribution in [0.3, 0.4) is 0 Å².